The first-order chi connectivity index (χ1) is 19.5. The Kier molecular flexibility index (Phi) is 9.86. The fourth-order valence-corrected chi connectivity index (χ4v) is 6.47. The number of sulfonamides is 1. The van der Waals surface area contributed by atoms with Gasteiger partial charge in [0, 0.05) is 19.0 Å². The number of benzene rings is 3. The molecule has 218 valence electrons. The quantitative estimate of drug-likeness (QED) is 0.346. The van der Waals surface area contributed by atoms with Crippen LogP contribution in [0.1, 0.15) is 53.5 Å². The van der Waals surface area contributed by atoms with Gasteiger partial charge in [-0.3, -0.25) is 13.9 Å². The summed E-state index contributed by atoms with van der Waals surface area (Å²) in [7, 11) is -3.80. The third-order valence-corrected chi connectivity index (χ3v) is 8.72. The summed E-state index contributed by atoms with van der Waals surface area (Å²) in [6, 6.07) is 22.2. The van der Waals surface area contributed by atoms with Gasteiger partial charge in [-0.05, 0) is 68.0 Å². The van der Waals surface area contributed by atoms with Gasteiger partial charge >= 0.3 is 0 Å². The zero-order chi connectivity index (χ0) is 29.6. The Balaban J connectivity index is 1.74. The van der Waals surface area contributed by atoms with Gasteiger partial charge in [-0.2, -0.15) is 0 Å². The summed E-state index contributed by atoms with van der Waals surface area (Å²) >= 11 is 0. The molecule has 41 heavy (non-hydrogen) atoms. The van der Waals surface area contributed by atoms with Crippen molar-refractivity contribution >= 4 is 27.5 Å². The zero-order valence-electron chi connectivity index (χ0n) is 24.5. The highest BCUT2D eigenvalue weighted by Crippen LogP contribution is 2.24. The van der Waals surface area contributed by atoms with Crippen molar-refractivity contribution < 1.29 is 18.0 Å². The number of carbonyl (C=O) groups excluding carboxylic acids is 2. The monoisotopic (exact) mass is 575 g/mol. The molecule has 0 bridgehead atoms. The van der Waals surface area contributed by atoms with Crippen LogP contribution >= 0.6 is 0 Å². The second-order valence-electron chi connectivity index (χ2n) is 11.3. The lowest BCUT2D eigenvalue weighted by Gasteiger charge is -2.34. The molecular formula is C33H41N3O4S. The van der Waals surface area contributed by atoms with Gasteiger partial charge in [-0.15, -0.1) is 0 Å². The van der Waals surface area contributed by atoms with Crippen molar-refractivity contribution in [2.45, 2.75) is 71.5 Å². The highest BCUT2D eigenvalue weighted by molar-refractivity contribution is 7.92. The van der Waals surface area contributed by atoms with E-state index in [1.54, 1.807) is 17.0 Å². The van der Waals surface area contributed by atoms with E-state index < -0.39 is 28.5 Å². The number of hydrogen-bond acceptors (Lipinski definition) is 4. The van der Waals surface area contributed by atoms with Crippen molar-refractivity contribution in [1.29, 1.82) is 0 Å². The first kappa shape index (κ1) is 30.3. The number of amides is 2. The Morgan fingerprint density at radius 3 is 2.10 bits per heavy atom. The molecule has 1 fully saturated rings. The first-order valence-corrected chi connectivity index (χ1v) is 16.1. The molecule has 8 heteroatoms. The maximum Gasteiger partial charge on any atom is 0.244 e. The fraction of sp³-hybridized carbons (Fsp3) is 0.394. The highest BCUT2D eigenvalue weighted by atomic mass is 32.2. The second-order valence-corrected chi connectivity index (χ2v) is 13.2. The Hall–Kier alpha value is -3.65. The van der Waals surface area contributed by atoms with Crippen LogP contribution in [-0.4, -0.2) is 50.0 Å². The first-order valence-electron chi connectivity index (χ1n) is 14.2. The van der Waals surface area contributed by atoms with Crippen LogP contribution < -0.4 is 9.62 Å². The number of aryl methyl sites for hydroxylation is 3. The third-order valence-electron chi connectivity index (χ3n) is 7.58. The SMILES string of the molecule is Cc1cccc(CN(C(=O)CN(c2cc(C)cc(C)c2)S(C)(=O)=O)[C@@H](Cc2ccccc2)C(=O)NC2CCCC2)c1. The van der Waals surface area contributed by atoms with E-state index in [1.165, 1.54) is 0 Å². The van der Waals surface area contributed by atoms with Crippen LogP contribution in [0.25, 0.3) is 0 Å². The molecule has 0 radical (unpaired) electrons. The Morgan fingerprint density at radius 1 is 0.854 bits per heavy atom. The van der Waals surface area contributed by atoms with Crippen LogP contribution in [0.15, 0.2) is 72.8 Å². The number of anilines is 1. The van der Waals surface area contributed by atoms with E-state index in [9.17, 15) is 18.0 Å². The van der Waals surface area contributed by atoms with E-state index in [-0.39, 0.29) is 18.5 Å². The maximum absolute atomic E-state index is 14.2. The summed E-state index contributed by atoms with van der Waals surface area (Å²) in [4.78, 5) is 29.7. The highest BCUT2D eigenvalue weighted by Gasteiger charge is 2.34. The largest absolute Gasteiger partial charge is 0.352 e. The van der Waals surface area contributed by atoms with Crippen LogP contribution in [0.4, 0.5) is 5.69 Å². The smallest absolute Gasteiger partial charge is 0.244 e. The van der Waals surface area contributed by atoms with E-state index in [0.29, 0.717) is 12.1 Å². The number of hydrogen-bond donors (Lipinski definition) is 1. The standard InChI is InChI=1S/C33H41N3O4S/c1-24-11-10-14-28(18-24)22-35(32(37)23-36(41(4,39)40)30-19-25(2)17-26(3)20-30)31(21-27-12-6-5-7-13-27)33(38)34-29-15-8-9-16-29/h5-7,10-14,17-20,29,31H,8-9,15-16,21-23H2,1-4H3,(H,34,38)/t31-/m0/s1. The van der Waals surface area contributed by atoms with Crippen molar-refractivity contribution in [2.24, 2.45) is 0 Å². The molecular weight excluding hydrogens is 534 g/mol. The molecule has 0 spiro atoms. The van der Waals surface area contributed by atoms with Gasteiger partial charge in [0.15, 0.2) is 0 Å². The van der Waals surface area contributed by atoms with Gasteiger partial charge in [-0.1, -0.05) is 79.1 Å². The Bertz CT molecular complexity index is 1450. The predicted molar refractivity (Wildman–Crippen MR) is 164 cm³/mol. The minimum atomic E-state index is -3.80. The molecule has 0 aromatic heterocycles. The molecule has 2 amide bonds. The minimum absolute atomic E-state index is 0.0829. The molecule has 1 atom stereocenters. The molecule has 7 nitrogen and oxygen atoms in total. The Morgan fingerprint density at radius 2 is 1.49 bits per heavy atom. The van der Waals surface area contributed by atoms with Crippen molar-refractivity contribution in [3.63, 3.8) is 0 Å². The summed E-state index contributed by atoms with van der Waals surface area (Å²) in [6.45, 7) is 5.55. The molecule has 3 aromatic rings. The van der Waals surface area contributed by atoms with Crippen molar-refractivity contribution in [3.05, 3.63) is 101 Å². The molecule has 1 N–H and O–H groups in total. The van der Waals surface area contributed by atoms with Crippen molar-refractivity contribution in [3.8, 4) is 0 Å². The van der Waals surface area contributed by atoms with Crippen LogP contribution in [-0.2, 0) is 32.6 Å². The summed E-state index contributed by atoms with van der Waals surface area (Å²) in [6.07, 6.45) is 5.41. The number of nitrogens with one attached hydrogen (secondary N) is 1. The van der Waals surface area contributed by atoms with Crippen LogP contribution in [0.3, 0.4) is 0 Å². The van der Waals surface area contributed by atoms with Crippen LogP contribution in [0.2, 0.25) is 0 Å². The summed E-state index contributed by atoms with van der Waals surface area (Å²) in [5.41, 5.74) is 5.07. The molecule has 0 unspecified atom stereocenters. The van der Waals surface area contributed by atoms with Gasteiger partial charge in [0.25, 0.3) is 0 Å². The normalized spacial score (nSPS) is 14.4. The lowest BCUT2D eigenvalue weighted by Crippen LogP contribution is -2.54. The molecule has 1 aliphatic carbocycles. The maximum atomic E-state index is 14.2. The molecule has 1 aliphatic rings. The van der Waals surface area contributed by atoms with Gasteiger partial charge in [0.2, 0.25) is 21.8 Å². The average molecular weight is 576 g/mol. The van der Waals surface area contributed by atoms with Gasteiger partial charge in [0.05, 0.1) is 11.9 Å². The zero-order valence-corrected chi connectivity index (χ0v) is 25.3. The topological polar surface area (TPSA) is 86.8 Å². The van der Waals surface area contributed by atoms with Gasteiger partial charge in [0.1, 0.15) is 12.6 Å². The lowest BCUT2D eigenvalue weighted by atomic mass is 10.0. The molecule has 0 heterocycles. The van der Waals surface area contributed by atoms with E-state index in [4.69, 9.17) is 0 Å². The molecule has 1 saturated carbocycles. The second kappa shape index (κ2) is 13.3. The molecule has 0 saturated heterocycles. The minimum Gasteiger partial charge on any atom is -0.352 e. The van der Waals surface area contributed by atoms with Gasteiger partial charge in [-0.25, -0.2) is 8.42 Å². The van der Waals surface area contributed by atoms with Crippen LogP contribution in [0, 0.1) is 20.8 Å². The van der Waals surface area contributed by atoms with Gasteiger partial charge < -0.3 is 10.2 Å². The van der Waals surface area contributed by atoms with E-state index in [2.05, 4.69) is 5.32 Å². The van der Waals surface area contributed by atoms with E-state index in [0.717, 1.165) is 64.1 Å². The van der Waals surface area contributed by atoms with E-state index in [1.807, 2.05) is 81.4 Å². The number of rotatable bonds is 11. The predicted octanol–water partition coefficient (Wildman–Crippen LogP) is 5.08. The third kappa shape index (κ3) is 8.43. The summed E-state index contributed by atoms with van der Waals surface area (Å²) < 4.78 is 27.2. The lowest BCUT2D eigenvalue weighted by molar-refractivity contribution is -0.140. The molecule has 4 rings (SSSR count). The molecule has 3 aromatic carbocycles. The van der Waals surface area contributed by atoms with Crippen molar-refractivity contribution in [1.82, 2.24) is 10.2 Å². The number of carbonyl (C=O) groups is 2. The fourth-order valence-electron chi connectivity index (χ4n) is 5.64. The molecule has 0 aliphatic heterocycles. The van der Waals surface area contributed by atoms with Crippen molar-refractivity contribution in [2.75, 3.05) is 17.1 Å². The van der Waals surface area contributed by atoms with E-state index >= 15 is 0 Å². The summed E-state index contributed by atoms with van der Waals surface area (Å²) in [5, 5.41) is 3.20. The van der Waals surface area contributed by atoms with Crippen LogP contribution in [0.5, 0.6) is 0 Å². The average Bonchev–Trinajstić information content (AvgIpc) is 3.41. The Labute approximate surface area is 244 Å². The summed E-state index contributed by atoms with van der Waals surface area (Å²) in [5.74, 6) is -0.641. The number of nitrogens with zero attached hydrogens (tertiary/aromatic N) is 2.